The number of hydrogen-bond acceptors (Lipinski definition) is 5. The zero-order chi connectivity index (χ0) is 20.1. The molecule has 0 unspecified atom stereocenters. The minimum atomic E-state index is -3.64. The molecule has 0 aromatic heterocycles. The Balaban J connectivity index is 2.79. The lowest BCUT2D eigenvalue weighted by Gasteiger charge is -2.23. The first kappa shape index (κ1) is 22.1. The molecule has 0 aliphatic carbocycles. The summed E-state index contributed by atoms with van der Waals surface area (Å²) in [5, 5.41) is 2.72. The van der Waals surface area contributed by atoms with E-state index in [-0.39, 0.29) is 16.5 Å². The van der Waals surface area contributed by atoms with Crippen LogP contribution in [0.15, 0.2) is 29.2 Å². The average Bonchev–Trinajstić information content (AvgIpc) is 2.52. The summed E-state index contributed by atoms with van der Waals surface area (Å²) in [4.78, 5) is 24.2. The molecule has 1 aromatic rings. The van der Waals surface area contributed by atoms with Crippen molar-refractivity contribution in [2.24, 2.45) is 0 Å². The molecule has 0 saturated heterocycles. The average molecular weight is 384 g/mol. The number of ether oxygens (including phenoxy) is 1. The molecular weight excluding hydrogens is 356 g/mol. The quantitative estimate of drug-likeness (QED) is 0.702. The molecule has 2 atom stereocenters. The molecule has 1 aromatic carbocycles. The predicted molar refractivity (Wildman–Crippen MR) is 99.3 cm³/mol. The highest BCUT2D eigenvalue weighted by atomic mass is 32.2. The molecule has 0 aliphatic rings. The van der Waals surface area contributed by atoms with Gasteiger partial charge in [0.1, 0.15) is 0 Å². The van der Waals surface area contributed by atoms with Gasteiger partial charge in [-0.05, 0) is 65.3 Å². The van der Waals surface area contributed by atoms with Crippen molar-refractivity contribution in [2.45, 2.75) is 70.5 Å². The van der Waals surface area contributed by atoms with Crippen molar-refractivity contribution in [1.82, 2.24) is 10.0 Å². The van der Waals surface area contributed by atoms with E-state index in [0.717, 1.165) is 0 Å². The highest BCUT2D eigenvalue weighted by Gasteiger charge is 2.23. The summed E-state index contributed by atoms with van der Waals surface area (Å²) < 4.78 is 32.1. The Hall–Kier alpha value is -1.93. The lowest BCUT2D eigenvalue weighted by molar-refractivity contribution is -0.130. The van der Waals surface area contributed by atoms with E-state index >= 15 is 0 Å². The molecule has 0 radical (unpaired) electrons. The highest BCUT2D eigenvalue weighted by Crippen LogP contribution is 2.13. The summed E-state index contributed by atoms with van der Waals surface area (Å²) in [6.07, 6.45) is -0.296. The van der Waals surface area contributed by atoms with Crippen molar-refractivity contribution in [3.8, 4) is 0 Å². The molecule has 0 fully saturated rings. The third-order valence-corrected chi connectivity index (χ3v) is 5.13. The Bertz CT molecular complexity index is 736. The second kappa shape index (κ2) is 8.64. The molecule has 0 heterocycles. The van der Waals surface area contributed by atoms with Gasteiger partial charge in [-0.1, -0.05) is 6.92 Å². The Labute approximate surface area is 155 Å². The molecule has 8 heteroatoms. The van der Waals surface area contributed by atoms with Crippen molar-refractivity contribution < 1.29 is 22.7 Å². The van der Waals surface area contributed by atoms with Crippen molar-refractivity contribution in [2.75, 3.05) is 0 Å². The van der Waals surface area contributed by atoms with E-state index in [0.29, 0.717) is 6.42 Å². The van der Waals surface area contributed by atoms with Gasteiger partial charge in [0, 0.05) is 11.6 Å². The predicted octanol–water partition coefficient (Wildman–Crippen LogP) is 2.22. The van der Waals surface area contributed by atoms with Gasteiger partial charge >= 0.3 is 5.97 Å². The van der Waals surface area contributed by atoms with Gasteiger partial charge in [0.25, 0.3) is 5.91 Å². The molecule has 0 bridgehead atoms. The van der Waals surface area contributed by atoms with Crippen LogP contribution >= 0.6 is 0 Å². The van der Waals surface area contributed by atoms with E-state index in [1.807, 2.05) is 27.7 Å². The fourth-order valence-corrected chi connectivity index (χ4v) is 3.27. The summed E-state index contributed by atoms with van der Waals surface area (Å²) in [6, 6.07) is 5.21. The maximum Gasteiger partial charge on any atom is 0.338 e. The minimum Gasteiger partial charge on any atom is -0.449 e. The smallest absolute Gasteiger partial charge is 0.338 e. The van der Waals surface area contributed by atoms with Gasteiger partial charge in [-0.15, -0.1) is 0 Å². The molecule has 7 nitrogen and oxygen atoms in total. The second-order valence-electron chi connectivity index (χ2n) is 7.24. The van der Waals surface area contributed by atoms with Gasteiger partial charge in [0.2, 0.25) is 10.0 Å². The summed E-state index contributed by atoms with van der Waals surface area (Å²) in [7, 11) is -3.64. The fraction of sp³-hybridized carbons (Fsp3) is 0.556. The zero-order valence-corrected chi connectivity index (χ0v) is 16.9. The molecule has 1 rings (SSSR count). The van der Waals surface area contributed by atoms with Crippen LogP contribution in [0, 0.1) is 0 Å². The number of carbonyl (C=O) groups is 2. The second-order valence-corrected chi connectivity index (χ2v) is 8.96. The number of nitrogens with one attached hydrogen (secondary N) is 2. The summed E-state index contributed by atoms with van der Waals surface area (Å²) in [5.74, 6) is -1.09. The Morgan fingerprint density at radius 3 is 2.12 bits per heavy atom. The lowest BCUT2D eigenvalue weighted by atomic mass is 10.1. The van der Waals surface area contributed by atoms with Crippen LogP contribution in [0.4, 0.5) is 0 Å². The van der Waals surface area contributed by atoms with Gasteiger partial charge in [-0.3, -0.25) is 4.79 Å². The van der Waals surface area contributed by atoms with Crippen LogP contribution in [0.25, 0.3) is 0 Å². The number of hydrogen-bond donors (Lipinski definition) is 2. The van der Waals surface area contributed by atoms with E-state index in [1.165, 1.54) is 31.2 Å². The molecular formula is C18H28N2O5S. The van der Waals surface area contributed by atoms with Crippen molar-refractivity contribution in [3.63, 3.8) is 0 Å². The lowest BCUT2D eigenvalue weighted by Crippen LogP contribution is -2.46. The van der Waals surface area contributed by atoms with Crippen molar-refractivity contribution in [1.29, 1.82) is 0 Å². The molecule has 0 aliphatic heterocycles. The van der Waals surface area contributed by atoms with Gasteiger partial charge in [0.05, 0.1) is 10.5 Å². The highest BCUT2D eigenvalue weighted by molar-refractivity contribution is 7.89. The van der Waals surface area contributed by atoms with Crippen LogP contribution in [-0.4, -0.2) is 38.0 Å². The van der Waals surface area contributed by atoms with Crippen LogP contribution in [0.1, 0.15) is 58.3 Å². The molecule has 0 saturated carbocycles. The Morgan fingerprint density at radius 2 is 1.65 bits per heavy atom. The summed E-state index contributed by atoms with van der Waals surface area (Å²) in [6.45, 7) is 10.6. The van der Waals surface area contributed by atoms with Crippen molar-refractivity contribution >= 4 is 21.9 Å². The van der Waals surface area contributed by atoms with Gasteiger partial charge in [0.15, 0.2) is 6.10 Å². The van der Waals surface area contributed by atoms with E-state index in [9.17, 15) is 18.0 Å². The maximum atomic E-state index is 12.2. The van der Waals surface area contributed by atoms with Crippen molar-refractivity contribution in [3.05, 3.63) is 29.8 Å². The van der Waals surface area contributed by atoms with E-state index in [2.05, 4.69) is 10.0 Å². The van der Waals surface area contributed by atoms with E-state index in [1.54, 1.807) is 6.92 Å². The van der Waals surface area contributed by atoms with Crippen LogP contribution < -0.4 is 10.0 Å². The van der Waals surface area contributed by atoms with Crippen LogP contribution in [-0.2, 0) is 19.6 Å². The third kappa shape index (κ3) is 6.76. The van der Waals surface area contributed by atoms with Crippen LogP contribution in [0.5, 0.6) is 0 Å². The van der Waals surface area contributed by atoms with Crippen LogP contribution in [0.2, 0.25) is 0 Å². The topological polar surface area (TPSA) is 102 Å². The molecule has 0 spiro atoms. The molecule has 1 amide bonds. The number of rotatable bonds is 7. The number of esters is 1. The van der Waals surface area contributed by atoms with Gasteiger partial charge in [-0.2, -0.15) is 0 Å². The Morgan fingerprint density at radius 1 is 1.12 bits per heavy atom. The molecule has 2 N–H and O–H groups in total. The normalized spacial score (nSPS) is 14.4. The molecule has 146 valence electrons. The van der Waals surface area contributed by atoms with E-state index in [4.69, 9.17) is 4.74 Å². The first-order valence-corrected chi connectivity index (χ1v) is 9.99. The van der Waals surface area contributed by atoms with E-state index < -0.39 is 33.5 Å². The van der Waals surface area contributed by atoms with Gasteiger partial charge < -0.3 is 10.1 Å². The standard InChI is InChI=1S/C18H28N2O5S/c1-7-12(2)20-26(23,24)15-10-8-14(9-11-15)17(22)25-13(3)16(21)19-18(4,5)6/h8-13,20H,7H2,1-6H3,(H,19,21)/t12-,13-/m0/s1. The fourth-order valence-electron chi connectivity index (χ4n) is 1.94. The first-order chi connectivity index (χ1) is 11.9. The maximum absolute atomic E-state index is 12.2. The number of sulfonamides is 1. The number of benzene rings is 1. The zero-order valence-electron chi connectivity index (χ0n) is 16.1. The number of carbonyl (C=O) groups excluding carboxylic acids is 2. The minimum absolute atomic E-state index is 0.0628. The summed E-state index contributed by atoms with van der Waals surface area (Å²) in [5.41, 5.74) is -0.265. The Kier molecular flexibility index (Phi) is 7.35. The SMILES string of the molecule is CC[C@H](C)NS(=O)(=O)c1ccc(C(=O)O[C@@H](C)C(=O)NC(C)(C)C)cc1. The molecule has 26 heavy (non-hydrogen) atoms. The third-order valence-electron chi connectivity index (χ3n) is 3.52. The van der Waals surface area contributed by atoms with Crippen LogP contribution in [0.3, 0.4) is 0 Å². The monoisotopic (exact) mass is 384 g/mol. The van der Waals surface area contributed by atoms with Gasteiger partial charge in [-0.25, -0.2) is 17.9 Å². The largest absolute Gasteiger partial charge is 0.449 e. The first-order valence-electron chi connectivity index (χ1n) is 8.51. The number of amides is 1. The summed E-state index contributed by atoms with van der Waals surface area (Å²) >= 11 is 0.